The van der Waals surface area contributed by atoms with Crippen LogP contribution in [0.5, 0.6) is 0 Å². The van der Waals surface area contributed by atoms with Gasteiger partial charge in [-0.2, -0.15) is 0 Å². The number of rotatable bonds is 7. The van der Waals surface area contributed by atoms with Crippen molar-refractivity contribution in [3.8, 4) is 0 Å². The van der Waals surface area contributed by atoms with Gasteiger partial charge in [0.1, 0.15) is 0 Å². The number of hydrogen-bond acceptors (Lipinski definition) is 3. The molecule has 1 amide bonds. The van der Waals surface area contributed by atoms with Crippen molar-refractivity contribution in [3.05, 3.63) is 35.4 Å². The van der Waals surface area contributed by atoms with E-state index in [1.807, 2.05) is 45.9 Å². The lowest BCUT2D eigenvalue weighted by Gasteiger charge is -2.19. The Bertz CT molecular complexity index is 452. The Morgan fingerprint density at radius 3 is 2.62 bits per heavy atom. The van der Waals surface area contributed by atoms with Crippen LogP contribution in [0.1, 0.15) is 51.7 Å². The van der Waals surface area contributed by atoms with E-state index >= 15 is 0 Å². The normalized spacial score (nSPS) is 13.0. The Morgan fingerprint density at radius 2 is 2.00 bits per heavy atom. The number of benzene rings is 1. The highest BCUT2D eigenvalue weighted by Gasteiger charge is 2.12. The van der Waals surface area contributed by atoms with E-state index in [-0.39, 0.29) is 11.5 Å². The SMILES string of the molecule is CCCC(N)C(=O)NCc1cccc(COC(C)(C)C)c1. The summed E-state index contributed by atoms with van der Waals surface area (Å²) >= 11 is 0. The first-order valence-corrected chi connectivity index (χ1v) is 7.57. The molecule has 0 spiro atoms. The van der Waals surface area contributed by atoms with Gasteiger partial charge in [0.05, 0.1) is 18.2 Å². The zero-order chi connectivity index (χ0) is 15.9. The van der Waals surface area contributed by atoms with E-state index in [1.165, 1.54) is 0 Å². The highest BCUT2D eigenvalue weighted by atomic mass is 16.5. The van der Waals surface area contributed by atoms with E-state index in [2.05, 4.69) is 11.4 Å². The fourth-order valence-corrected chi connectivity index (χ4v) is 1.89. The van der Waals surface area contributed by atoms with Crippen LogP contribution in [-0.2, 0) is 22.7 Å². The van der Waals surface area contributed by atoms with E-state index in [1.54, 1.807) is 0 Å². The predicted octanol–water partition coefficient (Wildman–Crippen LogP) is 2.75. The number of nitrogens with two attached hydrogens (primary N) is 1. The molecule has 0 aliphatic carbocycles. The first-order chi connectivity index (χ1) is 9.81. The molecule has 0 aliphatic heterocycles. The largest absolute Gasteiger partial charge is 0.371 e. The molecule has 118 valence electrons. The van der Waals surface area contributed by atoms with Crippen molar-refractivity contribution in [2.24, 2.45) is 5.73 Å². The third-order valence-corrected chi connectivity index (χ3v) is 3.07. The lowest BCUT2D eigenvalue weighted by atomic mass is 10.1. The molecule has 1 rings (SSSR count). The molecule has 1 unspecified atom stereocenters. The molecule has 4 heteroatoms. The quantitative estimate of drug-likeness (QED) is 0.812. The first-order valence-electron chi connectivity index (χ1n) is 7.57. The summed E-state index contributed by atoms with van der Waals surface area (Å²) < 4.78 is 5.76. The van der Waals surface area contributed by atoms with Gasteiger partial charge < -0.3 is 15.8 Å². The summed E-state index contributed by atoms with van der Waals surface area (Å²) in [6.07, 6.45) is 1.62. The Kier molecular flexibility index (Phi) is 6.85. The molecule has 1 atom stereocenters. The minimum absolute atomic E-state index is 0.0896. The molecule has 1 aromatic carbocycles. The van der Waals surface area contributed by atoms with E-state index in [9.17, 15) is 4.79 Å². The number of carbonyl (C=O) groups excluding carboxylic acids is 1. The number of ether oxygens (including phenoxy) is 1. The van der Waals surface area contributed by atoms with Gasteiger partial charge in [0.15, 0.2) is 0 Å². The molecule has 0 aromatic heterocycles. The summed E-state index contributed by atoms with van der Waals surface area (Å²) in [5.41, 5.74) is 7.79. The molecular weight excluding hydrogens is 264 g/mol. The second-order valence-electron chi connectivity index (χ2n) is 6.33. The lowest BCUT2D eigenvalue weighted by molar-refractivity contribution is -0.122. The highest BCUT2D eigenvalue weighted by molar-refractivity contribution is 5.81. The van der Waals surface area contributed by atoms with Crippen LogP contribution < -0.4 is 11.1 Å². The van der Waals surface area contributed by atoms with Gasteiger partial charge in [-0.05, 0) is 38.3 Å². The third kappa shape index (κ3) is 7.25. The fraction of sp³-hybridized carbons (Fsp3) is 0.588. The van der Waals surface area contributed by atoms with Crippen molar-refractivity contribution < 1.29 is 9.53 Å². The van der Waals surface area contributed by atoms with Crippen molar-refractivity contribution in [3.63, 3.8) is 0 Å². The van der Waals surface area contributed by atoms with E-state index in [4.69, 9.17) is 10.5 Å². The smallest absolute Gasteiger partial charge is 0.237 e. The zero-order valence-corrected chi connectivity index (χ0v) is 13.6. The van der Waals surface area contributed by atoms with Gasteiger partial charge in [-0.15, -0.1) is 0 Å². The molecule has 0 saturated heterocycles. The van der Waals surface area contributed by atoms with Crippen molar-refractivity contribution in [2.45, 2.75) is 65.3 Å². The number of carbonyl (C=O) groups is 1. The maximum atomic E-state index is 11.8. The Labute approximate surface area is 128 Å². The molecule has 21 heavy (non-hydrogen) atoms. The van der Waals surface area contributed by atoms with Crippen molar-refractivity contribution in [2.75, 3.05) is 0 Å². The van der Waals surface area contributed by atoms with Crippen LogP contribution in [0, 0.1) is 0 Å². The Hall–Kier alpha value is -1.39. The zero-order valence-electron chi connectivity index (χ0n) is 13.6. The van der Waals surface area contributed by atoms with Crippen molar-refractivity contribution in [1.29, 1.82) is 0 Å². The summed E-state index contributed by atoms with van der Waals surface area (Å²) in [5.74, 6) is -0.0896. The lowest BCUT2D eigenvalue weighted by Crippen LogP contribution is -2.40. The second kappa shape index (κ2) is 8.15. The monoisotopic (exact) mass is 292 g/mol. The van der Waals surface area contributed by atoms with Crippen LogP contribution in [0.2, 0.25) is 0 Å². The van der Waals surface area contributed by atoms with Gasteiger partial charge in [0.25, 0.3) is 0 Å². The van der Waals surface area contributed by atoms with E-state index in [0.29, 0.717) is 19.6 Å². The number of nitrogens with one attached hydrogen (secondary N) is 1. The second-order valence-corrected chi connectivity index (χ2v) is 6.33. The van der Waals surface area contributed by atoms with Crippen LogP contribution in [0.15, 0.2) is 24.3 Å². The Balaban J connectivity index is 2.51. The molecular formula is C17H28N2O2. The standard InChI is InChI=1S/C17H28N2O2/c1-5-7-15(18)16(20)19-11-13-8-6-9-14(10-13)12-21-17(2,3)4/h6,8-10,15H,5,7,11-12,18H2,1-4H3,(H,19,20). The van der Waals surface area contributed by atoms with Crippen LogP contribution in [0.3, 0.4) is 0 Å². The summed E-state index contributed by atoms with van der Waals surface area (Å²) in [5, 5.41) is 2.88. The van der Waals surface area contributed by atoms with Gasteiger partial charge in [-0.1, -0.05) is 37.6 Å². The molecule has 1 aromatic rings. The van der Waals surface area contributed by atoms with Crippen LogP contribution in [-0.4, -0.2) is 17.6 Å². The number of hydrogen-bond donors (Lipinski definition) is 2. The molecule has 0 aliphatic rings. The van der Waals surface area contributed by atoms with Crippen molar-refractivity contribution in [1.82, 2.24) is 5.32 Å². The average molecular weight is 292 g/mol. The van der Waals surface area contributed by atoms with Gasteiger partial charge in [-0.25, -0.2) is 0 Å². The van der Waals surface area contributed by atoms with Crippen LogP contribution >= 0.6 is 0 Å². The van der Waals surface area contributed by atoms with E-state index < -0.39 is 6.04 Å². The molecule has 4 nitrogen and oxygen atoms in total. The van der Waals surface area contributed by atoms with Gasteiger partial charge in [-0.3, -0.25) is 4.79 Å². The van der Waals surface area contributed by atoms with Crippen LogP contribution in [0.25, 0.3) is 0 Å². The van der Waals surface area contributed by atoms with Crippen molar-refractivity contribution >= 4 is 5.91 Å². The third-order valence-electron chi connectivity index (χ3n) is 3.07. The molecule has 3 N–H and O–H groups in total. The minimum atomic E-state index is -0.414. The fourth-order valence-electron chi connectivity index (χ4n) is 1.89. The summed E-state index contributed by atoms with van der Waals surface area (Å²) in [6.45, 7) is 9.19. The maximum absolute atomic E-state index is 11.8. The highest BCUT2D eigenvalue weighted by Crippen LogP contribution is 2.13. The minimum Gasteiger partial charge on any atom is -0.371 e. The van der Waals surface area contributed by atoms with Gasteiger partial charge >= 0.3 is 0 Å². The molecule has 0 bridgehead atoms. The molecule has 0 saturated carbocycles. The molecule has 0 radical (unpaired) electrons. The van der Waals surface area contributed by atoms with Gasteiger partial charge in [0.2, 0.25) is 5.91 Å². The Morgan fingerprint density at radius 1 is 1.33 bits per heavy atom. The molecule has 0 fully saturated rings. The topological polar surface area (TPSA) is 64.4 Å². The average Bonchev–Trinajstić information content (AvgIpc) is 2.42. The van der Waals surface area contributed by atoms with E-state index in [0.717, 1.165) is 17.5 Å². The maximum Gasteiger partial charge on any atom is 0.237 e. The number of amides is 1. The van der Waals surface area contributed by atoms with Gasteiger partial charge in [0, 0.05) is 6.54 Å². The summed E-state index contributed by atoms with van der Waals surface area (Å²) in [6, 6.07) is 7.64. The summed E-state index contributed by atoms with van der Waals surface area (Å²) in [4.78, 5) is 11.8. The molecule has 0 heterocycles. The van der Waals surface area contributed by atoms with Crippen LogP contribution in [0.4, 0.5) is 0 Å². The first kappa shape index (κ1) is 17.7. The summed E-state index contributed by atoms with van der Waals surface area (Å²) in [7, 11) is 0. The predicted molar refractivity (Wildman–Crippen MR) is 85.7 cm³/mol.